The van der Waals surface area contributed by atoms with E-state index >= 15 is 0 Å². The van der Waals surface area contributed by atoms with Crippen molar-refractivity contribution in [1.82, 2.24) is 9.78 Å². The van der Waals surface area contributed by atoms with Crippen LogP contribution in [-0.2, 0) is 0 Å². The van der Waals surface area contributed by atoms with Gasteiger partial charge in [-0.1, -0.05) is 12.1 Å². The first-order valence-electron chi connectivity index (χ1n) is 5.78. The van der Waals surface area contributed by atoms with Gasteiger partial charge in [0.2, 0.25) is 5.43 Å². The van der Waals surface area contributed by atoms with Crippen LogP contribution < -0.4 is 5.43 Å². The van der Waals surface area contributed by atoms with Gasteiger partial charge in [-0.05, 0) is 49.6 Å². The molecular weight excluding hydrogens is 264 g/mol. The monoisotopic (exact) mass is 276 g/mol. The molecule has 4 nitrogen and oxygen atoms in total. The number of carbonyl (C=O) groups excluding carboxylic acids is 1. The Bertz CT molecular complexity index is 720. The fourth-order valence-corrected chi connectivity index (χ4v) is 2.01. The average Bonchev–Trinajstić information content (AvgIpc) is 2.32. The van der Waals surface area contributed by atoms with Gasteiger partial charge in [-0.25, -0.2) is 4.68 Å². The van der Waals surface area contributed by atoms with Crippen molar-refractivity contribution in [2.75, 3.05) is 0 Å². The largest absolute Gasteiger partial charge is 0.287 e. The van der Waals surface area contributed by atoms with Crippen LogP contribution in [0, 0.1) is 20.8 Å². The number of nitrogens with zero attached hydrogens (tertiary/aromatic N) is 2. The van der Waals surface area contributed by atoms with Crippen molar-refractivity contribution < 1.29 is 4.79 Å². The minimum Gasteiger partial charge on any atom is -0.287 e. The van der Waals surface area contributed by atoms with Crippen molar-refractivity contribution in [3.8, 4) is 5.69 Å². The maximum Gasteiger partial charge on any atom is 0.276 e. The van der Waals surface area contributed by atoms with Gasteiger partial charge in [0.1, 0.15) is 0 Å². The molecule has 0 aliphatic carbocycles. The highest BCUT2D eigenvalue weighted by Crippen LogP contribution is 2.16. The summed E-state index contributed by atoms with van der Waals surface area (Å²) in [6, 6.07) is 7.27. The third-order valence-corrected chi connectivity index (χ3v) is 3.07. The zero-order valence-corrected chi connectivity index (χ0v) is 11.7. The van der Waals surface area contributed by atoms with E-state index in [9.17, 15) is 9.59 Å². The van der Waals surface area contributed by atoms with Crippen LogP contribution in [0.25, 0.3) is 5.69 Å². The second-order valence-corrected chi connectivity index (χ2v) is 4.82. The summed E-state index contributed by atoms with van der Waals surface area (Å²) < 4.78 is 1.57. The van der Waals surface area contributed by atoms with Crippen molar-refractivity contribution >= 4 is 16.8 Å². The van der Waals surface area contributed by atoms with Gasteiger partial charge in [-0.3, -0.25) is 9.59 Å². The Morgan fingerprint density at radius 3 is 2.53 bits per heavy atom. The van der Waals surface area contributed by atoms with Crippen LogP contribution in [0.2, 0.25) is 0 Å². The summed E-state index contributed by atoms with van der Waals surface area (Å²) >= 11 is 5.38. The Morgan fingerprint density at radius 2 is 1.89 bits per heavy atom. The highest BCUT2D eigenvalue weighted by molar-refractivity contribution is 6.67. The normalized spacial score (nSPS) is 10.5. The Labute approximate surface area is 115 Å². The molecule has 0 saturated carbocycles. The van der Waals surface area contributed by atoms with Crippen molar-refractivity contribution in [3.05, 3.63) is 57.0 Å². The second-order valence-electron chi connectivity index (χ2n) is 4.47. The lowest BCUT2D eigenvalue weighted by molar-refractivity contribution is 0.107. The molecule has 0 spiro atoms. The third-order valence-electron chi connectivity index (χ3n) is 2.89. The fraction of sp³-hybridized carbons (Fsp3) is 0.214. The van der Waals surface area contributed by atoms with E-state index in [4.69, 9.17) is 11.6 Å². The van der Waals surface area contributed by atoms with E-state index in [1.54, 1.807) is 11.6 Å². The molecule has 0 fully saturated rings. The van der Waals surface area contributed by atoms with Gasteiger partial charge in [-0.15, -0.1) is 0 Å². The van der Waals surface area contributed by atoms with Gasteiger partial charge in [0.15, 0.2) is 5.69 Å². The van der Waals surface area contributed by atoms with Crippen molar-refractivity contribution in [1.29, 1.82) is 0 Å². The standard InChI is InChI=1S/C14H13ClN2O2/c1-8-4-5-9(2)11(6-8)17-10(3)7-12(18)13(16-17)14(15)19/h4-7H,1-3H3. The first-order chi connectivity index (χ1) is 8.90. The van der Waals surface area contributed by atoms with Crippen LogP contribution in [0.5, 0.6) is 0 Å². The summed E-state index contributed by atoms with van der Waals surface area (Å²) in [5.41, 5.74) is 2.83. The molecule has 1 heterocycles. The topological polar surface area (TPSA) is 52.0 Å². The van der Waals surface area contributed by atoms with Gasteiger partial charge in [0.05, 0.1) is 5.69 Å². The maximum atomic E-state index is 11.6. The van der Waals surface area contributed by atoms with E-state index < -0.39 is 10.7 Å². The van der Waals surface area contributed by atoms with Gasteiger partial charge in [0, 0.05) is 11.8 Å². The van der Waals surface area contributed by atoms with Crippen LogP contribution in [0.15, 0.2) is 29.1 Å². The average molecular weight is 277 g/mol. The number of rotatable bonds is 2. The lowest BCUT2D eigenvalue weighted by Gasteiger charge is -2.13. The molecule has 0 saturated heterocycles. The number of hydrogen-bond donors (Lipinski definition) is 0. The van der Waals surface area contributed by atoms with E-state index in [0.717, 1.165) is 16.8 Å². The van der Waals surface area contributed by atoms with E-state index in [0.29, 0.717) is 5.69 Å². The van der Waals surface area contributed by atoms with E-state index in [2.05, 4.69) is 5.10 Å². The summed E-state index contributed by atoms with van der Waals surface area (Å²) in [4.78, 5) is 22.8. The molecular formula is C14H13ClN2O2. The highest BCUT2D eigenvalue weighted by Gasteiger charge is 2.13. The molecule has 0 bridgehead atoms. The van der Waals surface area contributed by atoms with Gasteiger partial charge >= 0.3 is 0 Å². The molecule has 2 aromatic rings. The zero-order chi connectivity index (χ0) is 14.2. The van der Waals surface area contributed by atoms with Crippen molar-refractivity contribution in [2.45, 2.75) is 20.8 Å². The quantitative estimate of drug-likeness (QED) is 0.792. The first-order valence-corrected chi connectivity index (χ1v) is 6.16. The second kappa shape index (κ2) is 4.97. The molecule has 0 aliphatic rings. The van der Waals surface area contributed by atoms with Crippen LogP contribution in [0.4, 0.5) is 0 Å². The molecule has 0 amide bonds. The molecule has 0 atom stereocenters. The fourth-order valence-electron chi connectivity index (χ4n) is 1.88. The minimum atomic E-state index is -0.843. The molecule has 19 heavy (non-hydrogen) atoms. The molecule has 98 valence electrons. The summed E-state index contributed by atoms with van der Waals surface area (Å²) in [5, 5.41) is 3.22. The molecule has 1 aromatic carbocycles. The van der Waals surface area contributed by atoms with E-state index in [-0.39, 0.29) is 5.69 Å². The van der Waals surface area contributed by atoms with Gasteiger partial charge in [-0.2, -0.15) is 5.10 Å². The third kappa shape index (κ3) is 2.58. The van der Waals surface area contributed by atoms with E-state index in [1.165, 1.54) is 6.07 Å². The van der Waals surface area contributed by atoms with Crippen LogP contribution in [0.3, 0.4) is 0 Å². The lowest BCUT2D eigenvalue weighted by Crippen LogP contribution is -2.21. The summed E-state index contributed by atoms with van der Waals surface area (Å²) in [6.07, 6.45) is 0. The summed E-state index contributed by atoms with van der Waals surface area (Å²) in [5.74, 6) is 0. The molecule has 0 radical (unpaired) electrons. The maximum absolute atomic E-state index is 11.6. The minimum absolute atomic E-state index is 0.256. The molecule has 0 aliphatic heterocycles. The molecule has 0 unspecified atom stereocenters. The Balaban J connectivity index is 2.75. The number of aromatic nitrogens is 2. The number of halogens is 1. The van der Waals surface area contributed by atoms with E-state index in [1.807, 2.05) is 32.0 Å². The highest BCUT2D eigenvalue weighted by atomic mass is 35.5. The Morgan fingerprint density at radius 1 is 1.21 bits per heavy atom. The van der Waals surface area contributed by atoms with Gasteiger partial charge in [0.25, 0.3) is 5.24 Å². The summed E-state index contributed by atoms with van der Waals surface area (Å²) in [7, 11) is 0. The van der Waals surface area contributed by atoms with Crippen molar-refractivity contribution in [3.63, 3.8) is 0 Å². The SMILES string of the molecule is Cc1ccc(C)c(-n2nc(C(=O)Cl)c(=O)cc2C)c1. The van der Waals surface area contributed by atoms with Gasteiger partial charge < -0.3 is 0 Å². The Kier molecular flexibility index (Phi) is 3.53. The first kappa shape index (κ1) is 13.5. The number of aryl methyl sites for hydroxylation is 3. The zero-order valence-electron chi connectivity index (χ0n) is 10.9. The number of carbonyl (C=O) groups is 1. The number of hydrogen-bond acceptors (Lipinski definition) is 3. The number of benzene rings is 1. The molecule has 1 aromatic heterocycles. The molecule has 2 rings (SSSR count). The summed E-state index contributed by atoms with van der Waals surface area (Å²) in [6.45, 7) is 5.67. The predicted molar refractivity (Wildman–Crippen MR) is 74.2 cm³/mol. The lowest BCUT2D eigenvalue weighted by atomic mass is 10.1. The van der Waals surface area contributed by atoms with Crippen LogP contribution >= 0.6 is 11.6 Å². The molecule has 5 heteroatoms. The van der Waals surface area contributed by atoms with Crippen LogP contribution in [0.1, 0.15) is 27.3 Å². The Hall–Kier alpha value is -1.94. The molecule has 0 N–H and O–H groups in total. The van der Waals surface area contributed by atoms with Crippen molar-refractivity contribution in [2.24, 2.45) is 0 Å². The predicted octanol–water partition coefficient (Wildman–Crippen LogP) is 2.54. The van der Waals surface area contributed by atoms with Crippen LogP contribution in [-0.4, -0.2) is 15.0 Å². The smallest absolute Gasteiger partial charge is 0.276 e.